The van der Waals surface area contributed by atoms with Gasteiger partial charge in [0.25, 0.3) is 0 Å². The molecule has 0 aliphatic rings. The fraction of sp³-hybridized carbons (Fsp3) is 0.182. The van der Waals surface area contributed by atoms with Crippen LogP contribution >= 0.6 is 0 Å². The Bertz CT molecular complexity index is 340. The minimum atomic E-state index is 0.00691. The first-order valence-corrected chi connectivity index (χ1v) is 4.00. The Morgan fingerprint density at radius 1 is 1.54 bits per heavy atom. The number of hydrogen-bond acceptors (Lipinski definition) is 2. The standard InChI is InChI=1S/C11H12O2/c1-4-9-5-6-10(8(2)12)11(7-9)13-3/h4-7H,1H2,2-3H3. The van der Waals surface area contributed by atoms with Crippen LogP contribution in [-0.4, -0.2) is 12.9 Å². The van der Waals surface area contributed by atoms with Gasteiger partial charge in [-0.25, -0.2) is 0 Å². The van der Waals surface area contributed by atoms with E-state index in [1.54, 1.807) is 25.3 Å². The van der Waals surface area contributed by atoms with Crippen LogP contribution in [0.5, 0.6) is 5.75 Å². The average Bonchev–Trinajstić information content (AvgIpc) is 2.16. The molecule has 0 heterocycles. The zero-order valence-electron chi connectivity index (χ0n) is 7.83. The maximum absolute atomic E-state index is 11.1. The topological polar surface area (TPSA) is 26.3 Å². The van der Waals surface area contributed by atoms with Gasteiger partial charge in [-0.15, -0.1) is 0 Å². The minimum Gasteiger partial charge on any atom is -0.496 e. The maximum atomic E-state index is 11.1. The van der Waals surface area contributed by atoms with E-state index in [-0.39, 0.29) is 5.78 Å². The molecule has 0 saturated heterocycles. The van der Waals surface area contributed by atoms with E-state index in [9.17, 15) is 4.79 Å². The molecule has 1 rings (SSSR count). The van der Waals surface area contributed by atoms with Crippen molar-refractivity contribution in [2.24, 2.45) is 0 Å². The molecule has 0 aromatic heterocycles. The van der Waals surface area contributed by atoms with Gasteiger partial charge in [-0.1, -0.05) is 18.7 Å². The van der Waals surface area contributed by atoms with E-state index in [0.29, 0.717) is 11.3 Å². The van der Waals surface area contributed by atoms with Crippen LogP contribution in [0.4, 0.5) is 0 Å². The largest absolute Gasteiger partial charge is 0.496 e. The molecule has 0 fully saturated rings. The van der Waals surface area contributed by atoms with Gasteiger partial charge in [0.1, 0.15) is 5.75 Å². The normalized spacial score (nSPS) is 9.38. The second-order valence-corrected chi connectivity index (χ2v) is 2.72. The van der Waals surface area contributed by atoms with Crippen LogP contribution in [0.2, 0.25) is 0 Å². The van der Waals surface area contributed by atoms with Gasteiger partial charge in [0.15, 0.2) is 5.78 Å². The number of carbonyl (C=O) groups excluding carboxylic acids is 1. The Morgan fingerprint density at radius 3 is 2.69 bits per heavy atom. The summed E-state index contributed by atoms with van der Waals surface area (Å²) in [5.74, 6) is 0.609. The van der Waals surface area contributed by atoms with Crippen molar-refractivity contribution in [1.29, 1.82) is 0 Å². The molecule has 0 amide bonds. The van der Waals surface area contributed by atoms with Crippen LogP contribution in [0.1, 0.15) is 22.8 Å². The minimum absolute atomic E-state index is 0.00691. The molecule has 0 aliphatic heterocycles. The van der Waals surface area contributed by atoms with Crippen LogP contribution in [0.15, 0.2) is 24.8 Å². The summed E-state index contributed by atoms with van der Waals surface area (Å²) < 4.78 is 5.08. The van der Waals surface area contributed by atoms with Crippen molar-refractivity contribution in [3.8, 4) is 5.75 Å². The number of methoxy groups -OCH3 is 1. The molecule has 0 unspecified atom stereocenters. The highest BCUT2D eigenvalue weighted by Crippen LogP contribution is 2.20. The van der Waals surface area contributed by atoms with Crippen molar-refractivity contribution in [2.75, 3.05) is 7.11 Å². The van der Waals surface area contributed by atoms with Gasteiger partial charge >= 0.3 is 0 Å². The maximum Gasteiger partial charge on any atom is 0.163 e. The molecule has 2 heteroatoms. The monoisotopic (exact) mass is 176 g/mol. The predicted octanol–water partition coefficient (Wildman–Crippen LogP) is 2.54. The molecule has 2 nitrogen and oxygen atoms in total. The molecule has 0 spiro atoms. The summed E-state index contributed by atoms with van der Waals surface area (Å²) in [4.78, 5) is 11.1. The van der Waals surface area contributed by atoms with Gasteiger partial charge in [0, 0.05) is 0 Å². The van der Waals surface area contributed by atoms with E-state index in [2.05, 4.69) is 6.58 Å². The first kappa shape index (κ1) is 9.52. The number of rotatable bonds is 3. The number of Topliss-reactive ketones (excluding diaryl/α,β-unsaturated/α-hetero) is 1. The highest BCUT2D eigenvalue weighted by molar-refractivity contribution is 5.97. The van der Waals surface area contributed by atoms with Crippen molar-refractivity contribution >= 4 is 11.9 Å². The first-order valence-electron chi connectivity index (χ1n) is 4.00. The number of ketones is 1. The molecule has 0 bridgehead atoms. The van der Waals surface area contributed by atoms with E-state index < -0.39 is 0 Å². The van der Waals surface area contributed by atoms with Crippen molar-refractivity contribution in [2.45, 2.75) is 6.92 Å². The number of ether oxygens (including phenoxy) is 1. The fourth-order valence-electron chi connectivity index (χ4n) is 1.13. The molecule has 0 radical (unpaired) electrons. The molecule has 0 aliphatic carbocycles. The van der Waals surface area contributed by atoms with Crippen LogP contribution in [0, 0.1) is 0 Å². The summed E-state index contributed by atoms with van der Waals surface area (Å²) in [6.07, 6.45) is 1.71. The van der Waals surface area contributed by atoms with Gasteiger partial charge in [0.2, 0.25) is 0 Å². The summed E-state index contributed by atoms with van der Waals surface area (Å²) >= 11 is 0. The first-order chi connectivity index (χ1) is 6.19. The summed E-state index contributed by atoms with van der Waals surface area (Å²) in [5, 5.41) is 0. The Labute approximate surface area is 77.8 Å². The predicted molar refractivity (Wildman–Crippen MR) is 53.1 cm³/mol. The molecular weight excluding hydrogens is 164 g/mol. The average molecular weight is 176 g/mol. The van der Waals surface area contributed by atoms with Crippen molar-refractivity contribution in [3.63, 3.8) is 0 Å². The lowest BCUT2D eigenvalue weighted by molar-refractivity contribution is 0.101. The van der Waals surface area contributed by atoms with E-state index in [0.717, 1.165) is 5.56 Å². The Kier molecular flexibility index (Phi) is 2.85. The molecule has 0 N–H and O–H groups in total. The molecule has 13 heavy (non-hydrogen) atoms. The quantitative estimate of drug-likeness (QED) is 0.661. The Morgan fingerprint density at radius 2 is 2.23 bits per heavy atom. The lowest BCUT2D eigenvalue weighted by Gasteiger charge is -2.05. The Balaban J connectivity index is 3.23. The zero-order chi connectivity index (χ0) is 9.84. The third-order valence-corrected chi connectivity index (χ3v) is 1.84. The third-order valence-electron chi connectivity index (χ3n) is 1.84. The van der Waals surface area contributed by atoms with E-state index >= 15 is 0 Å². The summed E-state index contributed by atoms with van der Waals surface area (Å²) in [7, 11) is 1.55. The van der Waals surface area contributed by atoms with Crippen LogP contribution in [-0.2, 0) is 0 Å². The summed E-state index contributed by atoms with van der Waals surface area (Å²) in [6, 6.07) is 5.38. The highest BCUT2D eigenvalue weighted by Gasteiger charge is 2.06. The van der Waals surface area contributed by atoms with Gasteiger partial charge in [-0.2, -0.15) is 0 Å². The van der Waals surface area contributed by atoms with E-state index in [1.165, 1.54) is 6.92 Å². The molecule has 1 aromatic carbocycles. The van der Waals surface area contributed by atoms with Crippen molar-refractivity contribution in [1.82, 2.24) is 0 Å². The smallest absolute Gasteiger partial charge is 0.163 e. The second-order valence-electron chi connectivity index (χ2n) is 2.72. The number of hydrogen-bond donors (Lipinski definition) is 0. The van der Waals surface area contributed by atoms with Gasteiger partial charge in [0.05, 0.1) is 12.7 Å². The fourth-order valence-corrected chi connectivity index (χ4v) is 1.13. The zero-order valence-corrected chi connectivity index (χ0v) is 7.83. The van der Waals surface area contributed by atoms with Gasteiger partial charge in [-0.05, 0) is 24.6 Å². The number of carbonyl (C=O) groups is 1. The van der Waals surface area contributed by atoms with E-state index in [4.69, 9.17) is 4.74 Å². The van der Waals surface area contributed by atoms with Crippen molar-refractivity contribution < 1.29 is 9.53 Å². The van der Waals surface area contributed by atoms with Crippen LogP contribution in [0.25, 0.3) is 6.08 Å². The second kappa shape index (κ2) is 3.90. The van der Waals surface area contributed by atoms with Crippen LogP contribution < -0.4 is 4.74 Å². The molecule has 0 saturated carbocycles. The molecule has 68 valence electrons. The molecule has 0 atom stereocenters. The molecular formula is C11H12O2. The SMILES string of the molecule is C=Cc1ccc(C(C)=O)c(OC)c1. The lowest BCUT2D eigenvalue weighted by Crippen LogP contribution is -1.97. The van der Waals surface area contributed by atoms with Crippen LogP contribution in [0.3, 0.4) is 0 Å². The number of benzene rings is 1. The lowest BCUT2D eigenvalue weighted by atomic mass is 10.1. The Hall–Kier alpha value is -1.57. The molecule has 1 aromatic rings. The van der Waals surface area contributed by atoms with Crippen molar-refractivity contribution in [3.05, 3.63) is 35.9 Å². The highest BCUT2D eigenvalue weighted by atomic mass is 16.5. The van der Waals surface area contributed by atoms with Gasteiger partial charge in [-0.3, -0.25) is 4.79 Å². The summed E-state index contributed by atoms with van der Waals surface area (Å²) in [5.41, 5.74) is 1.55. The van der Waals surface area contributed by atoms with E-state index in [1.807, 2.05) is 6.07 Å². The van der Waals surface area contributed by atoms with Gasteiger partial charge < -0.3 is 4.74 Å². The summed E-state index contributed by atoms with van der Waals surface area (Å²) in [6.45, 7) is 5.16. The third kappa shape index (κ3) is 1.96.